The fourth-order valence-electron chi connectivity index (χ4n) is 6.44. The number of anilines is 1. The van der Waals surface area contributed by atoms with Crippen molar-refractivity contribution in [1.29, 1.82) is 0 Å². The van der Waals surface area contributed by atoms with Crippen molar-refractivity contribution in [3.05, 3.63) is 18.0 Å². The van der Waals surface area contributed by atoms with Crippen molar-refractivity contribution in [3.63, 3.8) is 0 Å². The van der Waals surface area contributed by atoms with Crippen molar-refractivity contribution in [3.8, 4) is 0 Å². The summed E-state index contributed by atoms with van der Waals surface area (Å²) in [7, 11) is 2.26. The maximum absolute atomic E-state index is 4.79. The van der Waals surface area contributed by atoms with Crippen LogP contribution >= 0.6 is 0 Å². The van der Waals surface area contributed by atoms with Gasteiger partial charge in [0.25, 0.3) is 0 Å². The summed E-state index contributed by atoms with van der Waals surface area (Å²) in [6, 6.07) is 1.82. The highest BCUT2D eigenvalue weighted by molar-refractivity contribution is 5.37. The molecule has 5 rings (SSSR count). The molecule has 5 heteroatoms. The Bertz CT molecular complexity index is 661. The summed E-state index contributed by atoms with van der Waals surface area (Å²) >= 11 is 0. The Kier molecular flexibility index (Phi) is 4.87. The van der Waals surface area contributed by atoms with E-state index in [1.54, 1.807) is 0 Å². The van der Waals surface area contributed by atoms with Gasteiger partial charge in [0.1, 0.15) is 0 Å². The minimum atomic E-state index is 0.590. The maximum atomic E-state index is 4.79. The average Bonchev–Trinajstić information content (AvgIpc) is 2.86. The van der Waals surface area contributed by atoms with Crippen LogP contribution in [0.3, 0.4) is 0 Å². The first kappa shape index (κ1) is 18.8. The van der Waals surface area contributed by atoms with E-state index in [1.165, 1.54) is 57.1 Å². The van der Waals surface area contributed by atoms with Crippen molar-refractivity contribution in [2.75, 3.05) is 31.6 Å². The van der Waals surface area contributed by atoms with E-state index in [1.807, 2.05) is 0 Å². The van der Waals surface area contributed by atoms with E-state index < -0.39 is 0 Å². The third kappa shape index (κ3) is 3.45. The molecule has 2 aliphatic carbocycles. The van der Waals surface area contributed by atoms with Crippen LogP contribution in [0.15, 0.2) is 12.4 Å². The van der Waals surface area contributed by atoms with Crippen molar-refractivity contribution in [2.24, 2.45) is 11.3 Å². The van der Waals surface area contributed by atoms with Crippen LogP contribution < -0.4 is 4.90 Å². The maximum Gasteiger partial charge on any atom is 0.225 e. The Balaban J connectivity index is 1.15. The molecule has 5 nitrogen and oxygen atoms in total. The molecule has 2 atom stereocenters. The van der Waals surface area contributed by atoms with Crippen molar-refractivity contribution < 1.29 is 0 Å². The van der Waals surface area contributed by atoms with Crippen molar-refractivity contribution in [1.82, 2.24) is 19.8 Å². The van der Waals surface area contributed by atoms with Gasteiger partial charge in [0, 0.05) is 62.3 Å². The normalized spacial score (nSPS) is 29.5. The van der Waals surface area contributed by atoms with E-state index in [9.17, 15) is 0 Å². The smallest absolute Gasteiger partial charge is 0.225 e. The van der Waals surface area contributed by atoms with Crippen LogP contribution in [0.4, 0.5) is 5.95 Å². The first-order chi connectivity index (χ1) is 13.5. The van der Waals surface area contributed by atoms with Gasteiger partial charge in [-0.25, -0.2) is 9.97 Å². The van der Waals surface area contributed by atoms with E-state index in [4.69, 9.17) is 9.97 Å². The van der Waals surface area contributed by atoms with E-state index in [0.717, 1.165) is 36.9 Å². The lowest BCUT2D eigenvalue weighted by molar-refractivity contribution is -0.0358. The fourth-order valence-corrected chi connectivity index (χ4v) is 6.44. The van der Waals surface area contributed by atoms with Crippen LogP contribution in [0.1, 0.15) is 64.4 Å². The SMILES string of the molecule is CC(C)N1CC2CCC(C1)N2c1ncc(CN(C)CC2CC3(CCC3)C2)cn1. The molecule has 2 saturated carbocycles. The van der Waals surface area contributed by atoms with Gasteiger partial charge in [-0.05, 0) is 70.8 Å². The second-order valence-electron chi connectivity index (χ2n) is 10.6. The molecular formula is C23H37N5. The summed E-state index contributed by atoms with van der Waals surface area (Å²) in [5.41, 5.74) is 2.03. The first-order valence-corrected chi connectivity index (χ1v) is 11.5. The van der Waals surface area contributed by atoms with E-state index in [2.05, 4.69) is 48.0 Å². The molecule has 4 fully saturated rings. The highest BCUT2D eigenvalue weighted by Crippen LogP contribution is 2.58. The molecule has 4 aliphatic rings. The third-order valence-corrected chi connectivity index (χ3v) is 8.04. The topological polar surface area (TPSA) is 35.5 Å². The number of fused-ring (bicyclic) bond motifs is 2. The standard InChI is InChI=1S/C23H37N5/c1-17(2)27-15-20-5-6-21(16-27)28(20)22-24-11-19(12-25-22)14-26(3)13-18-9-23(10-18)7-4-8-23/h11-12,17-18,20-21H,4-10,13-16H2,1-3H3. The minimum Gasteiger partial charge on any atom is -0.332 e. The lowest BCUT2D eigenvalue weighted by atomic mass is 9.52. The zero-order chi connectivity index (χ0) is 19.3. The number of hydrogen-bond donors (Lipinski definition) is 0. The van der Waals surface area contributed by atoms with Crippen LogP contribution in [-0.4, -0.2) is 64.6 Å². The minimum absolute atomic E-state index is 0.590. The molecule has 1 aromatic heterocycles. The zero-order valence-corrected chi connectivity index (χ0v) is 18.0. The van der Waals surface area contributed by atoms with Gasteiger partial charge < -0.3 is 9.80 Å². The Morgan fingerprint density at radius 3 is 2.29 bits per heavy atom. The number of piperazine rings is 1. The number of nitrogens with zero attached hydrogens (tertiary/aromatic N) is 5. The summed E-state index contributed by atoms with van der Waals surface area (Å²) in [5, 5.41) is 0. The van der Waals surface area contributed by atoms with Crippen LogP contribution in [-0.2, 0) is 6.54 Å². The number of rotatable bonds is 6. The van der Waals surface area contributed by atoms with Gasteiger partial charge >= 0.3 is 0 Å². The van der Waals surface area contributed by atoms with Gasteiger partial charge in [-0.1, -0.05) is 6.42 Å². The Hall–Kier alpha value is -1.20. The molecule has 1 spiro atoms. The van der Waals surface area contributed by atoms with Crippen LogP contribution in [0.25, 0.3) is 0 Å². The number of aromatic nitrogens is 2. The van der Waals surface area contributed by atoms with Gasteiger partial charge in [0.05, 0.1) is 0 Å². The Morgan fingerprint density at radius 1 is 1.11 bits per heavy atom. The predicted molar refractivity (Wildman–Crippen MR) is 113 cm³/mol. The van der Waals surface area contributed by atoms with E-state index in [0.29, 0.717) is 18.1 Å². The van der Waals surface area contributed by atoms with E-state index >= 15 is 0 Å². The molecule has 0 amide bonds. The van der Waals surface area contributed by atoms with Gasteiger partial charge in [-0.2, -0.15) is 0 Å². The zero-order valence-electron chi connectivity index (χ0n) is 18.0. The van der Waals surface area contributed by atoms with Crippen molar-refractivity contribution >= 4 is 5.95 Å². The molecule has 2 saturated heterocycles. The molecule has 2 bridgehead atoms. The summed E-state index contributed by atoms with van der Waals surface area (Å²) in [4.78, 5) is 17.2. The monoisotopic (exact) mass is 383 g/mol. The molecule has 154 valence electrons. The predicted octanol–water partition coefficient (Wildman–Crippen LogP) is 3.55. The lowest BCUT2D eigenvalue weighted by Gasteiger charge is -2.55. The number of likely N-dealkylation sites (tertiary alicyclic amines) is 1. The molecular weight excluding hydrogens is 346 g/mol. The van der Waals surface area contributed by atoms with Gasteiger partial charge in [0.2, 0.25) is 5.95 Å². The van der Waals surface area contributed by atoms with Gasteiger partial charge in [0.15, 0.2) is 0 Å². The average molecular weight is 384 g/mol. The Morgan fingerprint density at radius 2 is 1.75 bits per heavy atom. The highest BCUT2D eigenvalue weighted by Gasteiger charge is 2.48. The molecule has 1 aromatic rings. The molecule has 3 heterocycles. The molecule has 2 unspecified atom stereocenters. The molecule has 0 radical (unpaired) electrons. The fraction of sp³-hybridized carbons (Fsp3) is 0.826. The van der Waals surface area contributed by atoms with E-state index in [-0.39, 0.29) is 0 Å². The first-order valence-electron chi connectivity index (χ1n) is 11.5. The molecule has 0 aromatic carbocycles. The third-order valence-electron chi connectivity index (χ3n) is 8.04. The summed E-state index contributed by atoms with van der Waals surface area (Å²) in [5.74, 6) is 1.87. The second kappa shape index (κ2) is 7.24. The largest absolute Gasteiger partial charge is 0.332 e. The number of hydrogen-bond acceptors (Lipinski definition) is 5. The summed E-state index contributed by atoms with van der Waals surface area (Å²) in [6.07, 6.45) is 14.1. The van der Waals surface area contributed by atoms with Crippen LogP contribution in [0.5, 0.6) is 0 Å². The second-order valence-corrected chi connectivity index (χ2v) is 10.6. The molecule has 0 N–H and O–H groups in total. The lowest BCUT2D eigenvalue weighted by Crippen LogP contribution is -2.56. The van der Waals surface area contributed by atoms with Crippen molar-refractivity contribution in [2.45, 2.75) is 83.5 Å². The summed E-state index contributed by atoms with van der Waals surface area (Å²) in [6.45, 7) is 9.14. The quantitative estimate of drug-likeness (QED) is 0.751. The Labute approximate surface area is 170 Å². The molecule has 28 heavy (non-hydrogen) atoms. The van der Waals surface area contributed by atoms with Crippen LogP contribution in [0.2, 0.25) is 0 Å². The highest BCUT2D eigenvalue weighted by atomic mass is 15.4. The summed E-state index contributed by atoms with van der Waals surface area (Å²) < 4.78 is 0. The van der Waals surface area contributed by atoms with Gasteiger partial charge in [-0.15, -0.1) is 0 Å². The molecule has 2 aliphatic heterocycles. The van der Waals surface area contributed by atoms with Gasteiger partial charge in [-0.3, -0.25) is 4.90 Å². The van der Waals surface area contributed by atoms with Crippen LogP contribution in [0, 0.1) is 11.3 Å².